The van der Waals surface area contributed by atoms with Gasteiger partial charge in [-0.05, 0) is 26.2 Å². The van der Waals surface area contributed by atoms with E-state index < -0.39 is 9.84 Å². The van der Waals surface area contributed by atoms with E-state index >= 15 is 0 Å². The van der Waals surface area contributed by atoms with Crippen molar-refractivity contribution in [2.75, 3.05) is 24.7 Å². The van der Waals surface area contributed by atoms with Crippen molar-refractivity contribution in [1.29, 1.82) is 0 Å². The molecule has 22 heavy (non-hydrogen) atoms. The van der Waals surface area contributed by atoms with Crippen LogP contribution in [0.2, 0.25) is 0 Å². The van der Waals surface area contributed by atoms with E-state index in [-0.39, 0.29) is 29.6 Å². The Balaban J connectivity index is 1.66. The van der Waals surface area contributed by atoms with Crippen molar-refractivity contribution in [3.8, 4) is 0 Å². The first-order chi connectivity index (χ1) is 10.5. The van der Waals surface area contributed by atoms with E-state index in [0.29, 0.717) is 24.2 Å². The molecule has 8 heteroatoms. The lowest BCUT2D eigenvalue weighted by Gasteiger charge is -2.12. The third-order valence-corrected chi connectivity index (χ3v) is 6.11. The second kappa shape index (κ2) is 6.00. The Bertz CT molecular complexity index is 662. The summed E-state index contributed by atoms with van der Waals surface area (Å²) in [6, 6.07) is -0.162. The van der Waals surface area contributed by atoms with Gasteiger partial charge in [-0.15, -0.1) is 0 Å². The number of aromatic nitrogens is 2. The highest BCUT2D eigenvalue weighted by molar-refractivity contribution is 7.91. The minimum atomic E-state index is -2.97. The number of carbonyl (C=O) groups is 1. The zero-order valence-electron chi connectivity index (χ0n) is 12.6. The topological polar surface area (TPSA) is 90.3 Å². The molecule has 2 fully saturated rings. The van der Waals surface area contributed by atoms with Gasteiger partial charge < -0.3 is 10.1 Å². The van der Waals surface area contributed by atoms with Crippen LogP contribution in [0.15, 0.2) is 6.20 Å². The van der Waals surface area contributed by atoms with E-state index in [0.717, 1.165) is 19.4 Å². The minimum Gasteiger partial charge on any atom is -0.376 e. The Morgan fingerprint density at radius 1 is 1.50 bits per heavy atom. The average Bonchev–Trinajstić information content (AvgIpc) is 3.16. The predicted octanol–water partition coefficient (Wildman–Crippen LogP) is 0.460. The molecule has 2 atom stereocenters. The maximum Gasteiger partial charge on any atom is 0.254 e. The fourth-order valence-electron chi connectivity index (χ4n) is 3.09. The molecule has 1 amide bonds. The van der Waals surface area contributed by atoms with Crippen LogP contribution < -0.4 is 5.32 Å². The lowest BCUT2D eigenvalue weighted by molar-refractivity contribution is 0.0857. The van der Waals surface area contributed by atoms with E-state index in [9.17, 15) is 13.2 Å². The van der Waals surface area contributed by atoms with Crippen molar-refractivity contribution in [1.82, 2.24) is 15.1 Å². The van der Waals surface area contributed by atoms with Gasteiger partial charge in [-0.3, -0.25) is 9.48 Å². The van der Waals surface area contributed by atoms with Gasteiger partial charge in [0.1, 0.15) is 0 Å². The Labute approximate surface area is 129 Å². The van der Waals surface area contributed by atoms with Crippen LogP contribution in [-0.2, 0) is 14.6 Å². The highest BCUT2D eigenvalue weighted by Gasteiger charge is 2.31. The normalized spacial score (nSPS) is 27.1. The zero-order chi connectivity index (χ0) is 15.7. The summed E-state index contributed by atoms with van der Waals surface area (Å²) in [5.41, 5.74) is 1.22. The molecule has 0 radical (unpaired) electrons. The van der Waals surface area contributed by atoms with Gasteiger partial charge in [0.15, 0.2) is 9.84 Å². The number of carbonyl (C=O) groups excluding carboxylic acids is 1. The molecule has 0 aliphatic carbocycles. The third-order valence-electron chi connectivity index (χ3n) is 4.36. The largest absolute Gasteiger partial charge is 0.376 e. The molecule has 3 heterocycles. The summed E-state index contributed by atoms with van der Waals surface area (Å²) < 4.78 is 30.3. The highest BCUT2D eigenvalue weighted by atomic mass is 32.2. The number of ether oxygens (including phenoxy) is 1. The van der Waals surface area contributed by atoms with E-state index in [1.54, 1.807) is 11.6 Å². The molecular formula is C14H21N3O4S. The van der Waals surface area contributed by atoms with Gasteiger partial charge in [-0.1, -0.05) is 0 Å². The molecule has 0 spiro atoms. The molecule has 2 unspecified atom stereocenters. The SMILES string of the molecule is Cc1c(C(=O)NCC2CCCO2)cnn1C1CCS(=O)(=O)C1. The van der Waals surface area contributed by atoms with Gasteiger partial charge in [0, 0.05) is 18.8 Å². The van der Waals surface area contributed by atoms with Crippen LogP contribution in [0.25, 0.3) is 0 Å². The van der Waals surface area contributed by atoms with Crippen molar-refractivity contribution >= 4 is 15.7 Å². The van der Waals surface area contributed by atoms with Crippen LogP contribution in [0.3, 0.4) is 0 Å². The van der Waals surface area contributed by atoms with Crippen LogP contribution in [-0.4, -0.2) is 54.9 Å². The number of sulfone groups is 1. The van der Waals surface area contributed by atoms with Gasteiger partial charge in [-0.25, -0.2) is 8.42 Å². The lowest BCUT2D eigenvalue weighted by Crippen LogP contribution is -2.32. The zero-order valence-corrected chi connectivity index (χ0v) is 13.4. The number of amides is 1. The van der Waals surface area contributed by atoms with Crippen LogP contribution >= 0.6 is 0 Å². The molecule has 0 aromatic carbocycles. The molecule has 2 aliphatic heterocycles. The smallest absolute Gasteiger partial charge is 0.254 e. The Morgan fingerprint density at radius 2 is 2.32 bits per heavy atom. The van der Waals surface area contributed by atoms with Crippen molar-refractivity contribution in [2.24, 2.45) is 0 Å². The molecule has 0 bridgehead atoms. The maximum absolute atomic E-state index is 12.2. The van der Waals surface area contributed by atoms with Gasteiger partial charge in [0.25, 0.3) is 5.91 Å². The first-order valence-electron chi connectivity index (χ1n) is 7.60. The molecule has 2 saturated heterocycles. The molecular weight excluding hydrogens is 306 g/mol. The van der Waals surface area contributed by atoms with Gasteiger partial charge in [-0.2, -0.15) is 5.10 Å². The van der Waals surface area contributed by atoms with Crippen LogP contribution in [0.5, 0.6) is 0 Å². The molecule has 1 aromatic rings. The van der Waals surface area contributed by atoms with Crippen molar-refractivity contribution in [3.05, 3.63) is 17.5 Å². The van der Waals surface area contributed by atoms with Gasteiger partial charge in [0.05, 0.1) is 35.4 Å². The highest BCUT2D eigenvalue weighted by Crippen LogP contribution is 2.25. The van der Waals surface area contributed by atoms with Crippen molar-refractivity contribution in [3.63, 3.8) is 0 Å². The Hall–Kier alpha value is -1.41. The van der Waals surface area contributed by atoms with E-state index in [2.05, 4.69) is 10.4 Å². The summed E-state index contributed by atoms with van der Waals surface area (Å²) in [6.07, 6.45) is 4.18. The third kappa shape index (κ3) is 3.17. The monoisotopic (exact) mass is 327 g/mol. The van der Waals surface area contributed by atoms with Crippen LogP contribution in [0, 0.1) is 6.92 Å². The predicted molar refractivity (Wildman–Crippen MR) is 80.6 cm³/mol. The van der Waals surface area contributed by atoms with Gasteiger partial charge >= 0.3 is 0 Å². The summed E-state index contributed by atoms with van der Waals surface area (Å²) in [5, 5.41) is 7.09. The van der Waals surface area contributed by atoms with Crippen molar-refractivity contribution in [2.45, 2.75) is 38.3 Å². The molecule has 1 N–H and O–H groups in total. The summed E-state index contributed by atoms with van der Waals surface area (Å²) in [6.45, 7) is 3.06. The van der Waals surface area contributed by atoms with Crippen LogP contribution in [0.1, 0.15) is 41.4 Å². The van der Waals surface area contributed by atoms with E-state index in [4.69, 9.17) is 4.74 Å². The quantitative estimate of drug-likeness (QED) is 0.867. The van der Waals surface area contributed by atoms with Gasteiger partial charge in [0.2, 0.25) is 0 Å². The second-order valence-electron chi connectivity index (χ2n) is 5.99. The molecule has 122 valence electrons. The molecule has 3 rings (SSSR count). The summed E-state index contributed by atoms with van der Waals surface area (Å²) in [7, 11) is -2.97. The number of hydrogen-bond donors (Lipinski definition) is 1. The first kappa shape index (κ1) is 15.5. The number of nitrogens with one attached hydrogen (secondary N) is 1. The van der Waals surface area contributed by atoms with Crippen LogP contribution in [0.4, 0.5) is 0 Å². The average molecular weight is 327 g/mol. The fourth-order valence-corrected chi connectivity index (χ4v) is 4.78. The number of nitrogens with zero attached hydrogens (tertiary/aromatic N) is 2. The second-order valence-corrected chi connectivity index (χ2v) is 8.22. The maximum atomic E-state index is 12.2. The van der Waals surface area contributed by atoms with E-state index in [1.165, 1.54) is 6.20 Å². The first-order valence-corrected chi connectivity index (χ1v) is 9.43. The number of rotatable bonds is 4. The summed E-state index contributed by atoms with van der Waals surface area (Å²) in [4.78, 5) is 12.2. The molecule has 0 saturated carbocycles. The fraction of sp³-hybridized carbons (Fsp3) is 0.714. The number of hydrogen-bond acceptors (Lipinski definition) is 5. The lowest BCUT2D eigenvalue weighted by atomic mass is 10.2. The molecule has 2 aliphatic rings. The summed E-state index contributed by atoms with van der Waals surface area (Å²) in [5.74, 6) is 0.115. The molecule has 1 aromatic heterocycles. The Morgan fingerprint density at radius 3 is 2.95 bits per heavy atom. The van der Waals surface area contributed by atoms with Crippen molar-refractivity contribution < 1.29 is 17.9 Å². The minimum absolute atomic E-state index is 0.0966. The summed E-state index contributed by atoms with van der Waals surface area (Å²) >= 11 is 0. The Kier molecular flexibility index (Phi) is 4.22. The van der Waals surface area contributed by atoms with E-state index in [1.807, 2.05) is 0 Å². The molecule has 7 nitrogen and oxygen atoms in total. The standard InChI is InChI=1S/C14H21N3O4S/c1-10-13(14(18)15-7-12-3-2-5-21-12)8-16-17(10)11-4-6-22(19,20)9-11/h8,11-12H,2-7,9H2,1H3,(H,15,18).